The van der Waals surface area contributed by atoms with Gasteiger partial charge in [-0.25, -0.2) is 0 Å². The summed E-state index contributed by atoms with van der Waals surface area (Å²) in [5.74, 6) is -1.18. The van der Waals surface area contributed by atoms with Crippen LogP contribution in [0.15, 0.2) is 97.2 Å². The fourth-order valence-corrected chi connectivity index (χ4v) is 5.87. The van der Waals surface area contributed by atoms with E-state index in [0.29, 0.717) is 12.8 Å². The Morgan fingerprint density at radius 3 is 1.46 bits per heavy atom. The smallest absolute Gasteiger partial charge is 0.267 e. The molecule has 0 bridgehead atoms. The number of aliphatic hydroxyl groups is 1. The average molecular weight is 714 g/mol. The average Bonchev–Trinajstić information content (AvgIpc) is 3.08. The van der Waals surface area contributed by atoms with Crippen molar-refractivity contribution < 1.29 is 22.9 Å². The van der Waals surface area contributed by atoms with E-state index in [1.54, 1.807) is 12.2 Å². The largest absolute Gasteiger partial charge is 0.387 e. The van der Waals surface area contributed by atoms with Crippen molar-refractivity contribution in [3.05, 3.63) is 97.2 Å². The summed E-state index contributed by atoms with van der Waals surface area (Å²) in [7, 11) is -4.39. The minimum Gasteiger partial charge on any atom is -0.387 e. The molecule has 3 N–H and O–H groups in total. The summed E-state index contributed by atoms with van der Waals surface area (Å²) >= 11 is 0. The maximum Gasteiger partial charge on any atom is 0.267 e. The fourth-order valence-electron chi connectivity index (χ4n) is 5.14. The van der Waals surface area contributed by atoms with Gasteiger partial charge in [-0.05, 0) is 70.6 Å². The molecule has 284 valence electrons. The Balaban J connectivity index is 4.19. The highest BCUT2D eigenvalue weighted by molar-refractivity contribution is 7.85. The van der Waals surface area contributed by atoms with Crippen molar-refractivity contribution in [1.29, 1.82) is 0 Å². The van der Waals surface area contributed by atoms with Crippen molar-refractivity contribution in [3.63, 3.8) is 0 Å². The molecule has 6 nitrogen and oxygen atoms in total. The number of unbranched alkanes of at least 4 members (excludes halogenated alkanes) is 12. The highest BCUT2D eigenvalue weighted by atomic mass is 32.2. The van der Waals surface area contributed by atoms with Crippen LogP contribution in [0, 0.1) is 0 Å². The summed E-state index contributed by atoms with van der Waals surface area (Å²) in [5.41, 5.74) is 0. The maximum atomic E-state index is 12.4. The van der Waals surface area contributed by atoms with Crippen LogP contribution >= 0.6 is 0 Å². The number of rotatable bonds is 33. The highest BCUT2D eigenvalue weighted by Gasteiger charge is 2.24. The minimum absolute atomic E-state index is 0.0468. The molecule has 0 radical (unpaired) electrons. The standard InChI is InChI=1S/C43H71NO5S/c1-3-5-7-9-11-13-15-17-19-20-21-22-23-25-26-28-30-32-34-36-38-42(45)41(40-50(47,48)49)44-43(46)39-37-35-33-31-29-27-24-18-16-14-12-10-8-6-4-2/h6,8,12,14,18,22-24,28-31,35-38,41-42,45H,3-5,7,9-11,13,15-17,19-21,25-27,32-34,39-40H2,1-2H3,(H,44,46)(H,47,48,49)/b8-6-,14-12-,23-22+,24-18-,30-28+,31-29-,37-35-,38-36+. The first kappa shape index (κ1) is 47.3. The van der Waals surface area contributed by atoms with Crippen LogP contribution in [0.4, 0.5) is 0 Å². The van der Waals surface area contributed by atoms with Crippen molar-refractivity contribution in [2.45, 2.75) is 161 Å². The van der Waals surface area contributed by atoms with Gasteiger partial charge in [0.05, 0.1) is 17.9 Å². The lowest BCUT2D eigenvalue weighted by Crippen LogP contribution is -2.46. The zero-order chi connectivity index (χ0) is 36.8. The van der Waals surface area contributed by atoms with Gasteiger partial charge >= 0.3 is 0 Å². The summed E-state index contributed by atoms with van der Waals surface area (Å²) in [4.78, 5) is 12.4. The third-order valence-electron chi connectivity index (χ3n) is 8.00. The summed E-state index contributed by atoms with van der Waals surface area (Å²) in [6.45, 7) is 4.39. The summed E-state index contributed by atoms with van der Waals surface area (Å²) in [6, 6.07) is -1.14. The Hall–Kier alpha value is -2.74. The van der Waals surface area contributed by atoms with Crippen LogP contribution in [0.25, 0.3) is 0 Å². The van der Waals surface area contributed by atoms with Crippen LogP contribution in [0.5, 0.6) is 0 Å². The number of nitrogens with one attached hydrogen (secondary N) is 1. The number of carbonyl (C=O) groups excluding carboxylic acids is 1. The summed E-state index contributed by atoms with van der Waals surface area (Å²) in [6.07, 6.45) is 54.2. The molecule has 50 heavy (non-hydrogen) atoms. The lowest BCUT2D eigenvalue weighted by Gasteiger charge is -2.20. The Kier molecular flexibility index (Phi) is 34.1. The first-order valence-corrected chi connectivity index (χ1v) is 21.0. The Bertz CT molecular complexity index is 1140. The van der Waals surface area contributed by atoms with E-state index in [-0.39, 0.29) is 6.42 Å². The van der Waals surface area contributed by atoms with Crippen molar-refractivity contribution >= 4 is 16.0 Å². The van der Waals surface area contributed by atoms with Gasteiger partial charge in [0.25, 0.3) is 10.1 Å². The molecule has 7 heteroatoms. The van der Waals surface area contributed by atoms with E-state index >= 15 is 0 Å². The number of amides is 1. The van der Waals surface area contributed by atoms with E-state index < -0.39 is 33.9 Å². The number of hydrogen-bond acceptors (Lipinski definition) is 4. The summed E-state index contributed by atoms with van der Waals surface area (Å²) in [5, 5.41) is 13.1. The third kappa shape index (κ3) is 36.5. The normalized spacial score (nSPS) is 14.4. The molecule has 0 rings (SSSR count). The molecule has 0 fully saturated rings. The van der Waals surface area contributed by atoms with Gasteiger partial charge < -0.3 is 10.4 Å². The molecule has 1 amide bonds. The SMILES string of the molecule is CC/C=C\C/C=C\C/C=C\C/C=C\C/C=C\CC(=O)NC(CS(=O)(=O)O)C(O)/C=C/CC/C=C/CC/C=C/CCCCCCCCCCCC. The van der Waals surface area contributed by atoms with Gasteiger partial charge in [0.2, 0.25) is 5.91 Å². The molecule has 0 saturated heterocycles. The third-order valence-corrected chi connectivity index (χ3v) is 8.78. The zero-order valence-electron chi connectivity index (χ0n) is 31.5. The topological polar surface area (TPSA) is 104 Å². The number of allylic oxidation sites excluding steroid dienone is 14. The van der Waals surface area contributed by atoms with E-state index in [9.17, 15) is 22.9 Å². The molecule has 0 aliphatic carbocycles. The molecule has 0 aromatic rings. The van der Waals surface area contributed by atoms with Gasteiger partial charge in [0, 0.05) is 6.42 Å². The lowest BCUT2D eigenvalue weighted by atomic mass is 10.1. The van der Waals surface area contributed by atoms with E-state index in [1.165, 1.54) is 70.3 Å². The molecular formula is C43H71NO5S. The van der Waals surface area contributed by atoms with E-state index in [0.717, 1.165) is 51.4 Å². The molecule has 2 atom stereocenters. The Labute approximate surface area is 307 Å². The van der Waals surface area contributed by atoms with Crippen molar-refractivity contribution in [2.75, 3.05) is 5.75 Å². The second kappa shape index (κ2) is 36.1. The van der Waals surface area contributed by atoms with Crippen LogP contribution in [0.2, 0.25) is 0 Å². The van der Waals surface area contributed by atoms with E-state index in [4.69, 9.17) is 0 Å². The van der Waals surface area contributed by atoms with Crippen LogP contribution in [-0.4, -0.2) is 41.9 Å². The molecule has 0 aromatic carbocycles. The van der Waals surface area contributed by atoms with Gasteiger partial charge in [-0.3, -0.25) is 9.35 Å². The highest BCUT2D eigenvalue weighted by Crippen LogP contribution is 2.12. The van der Waals surface area contributed by atoms with Crippen LogP contribution in [0.1, 0.15) is 149 Å². The predicted molar refractivity (Wildman–Crippen MR) is 216 cm³/mol. The molecule has 0 aromatic heterocycles. The molecule has 0 spiro atoms. The fraction of sp³-hybridized carbons (Fsp3) is 0.605. The minimum atomic E-state index is -4.39. The number of hydrogen-bond donors (Lipinski definition) is 3. The van der Waals surface area contributed by atoms with Gasteiger partial charge in [-0.2, -0.15) is 8.42 Å². The quantitative estimate of drug-likeness (QED) is 0.0357. The van der Waals surface area contributed by atoms with Crippen LogP contribution < -0.4 is 5.32 Å². The van der Waals surface area contributed by atoms with Crippen molar-refractivity contribution in [2.24, 2.45) is 0 Å². The van der Waals surface area contributed by atoms with Crippen molar-refractivity contribution in [3.8, 4) is 0 Å². The van der Waals surface area contributed by atoms with Crippen LogP contribution in [-0.2, 0) is 14.9 Å². The first-order valence-electron chi connectivity index (χ1n) is 19.4. The second-order valence-corrected chi connectivity index (χ2v) is 14.3. The van der Waals surface area contributed by atoms with Crippen LogP contribution in [0.3, 0.4) is 0 Å². The van der Waals surface area contributed by atoms with E-state index in [2.05, 4.69) is 86.0 Å². The predicted octanol–water partition coefficient (Wildman–Crippen LogP) is 11.4. The monoisotopic (exact) mass is 714 g/mol. The molecule has 0 aliphatic rings. The molecular weight excluding hydrogens is 643 g/mol. The van der Waals surface area contributed by atoms with Gasteiger partial charge in [0.1, 0.15) is 0 Å². The van der Waals surface area contributed by atoms with E-state index in [1.807, 2.05) is 12.2 Å². The first-order chi connectivity index (χ1) is 24.3. The molecule has 0 aliphatic heterocycles. The van der Waals surface area contributed by atoms with Gasteiger partial charge in [-0.1, -0.05) is 169 Å². The number of aliphatic hydroxyl groups excluding tert-OH is 1. The molecule has 0 heterocycles. The molecule has 0 saturated carbocycles. The maximum absolute atomic E-state index is 12.4. The second-order valence-electron chi connectivity index (χ2n) is 12.8. The molecule has 2 unspecified atom stereocenters. The van der Waals surface area contributed by atoms with Gasteiger partial charge in [0.15, 0.2) is 0 Å². The van der Waals surface area contributed by atoms with Crippen molar-refractivity contribution in [1.82, 2.24) is 5.32 Å². The summed E-state index contributed by atoms with van der Waals surface area (Å²) < 4.78 is 32.4. The lowest BCUT2D eigenvalue weighted by molar-refractivity contribution is -0.121. The number of carbonyl (C=O) groups is 1. The Morgan fingerprint density at radius 1 is 0.560 bits per heavy atom. The van der Waals surface area contributed by atoms with Gasteiger partial charge in [-0.15, -0.1) is 0 Å². The Morgan fingerprint density at radius 2 is 0.980 bits per heavy atom. The zero-order valence-corrected chi connectivity index (χ0v) is 32.3.